The highest BCUT2D eigenvalue weighted by atomic mass is 31.2. The molecule has 2 aromatic carbocycles. The number of likely N-dealkylation sites (tertiary alicyclic amines) is 1. The van der Waals surface area contributed by atoms with E-state index in [0.29, 0.717) is 38.8 Å². The number of hydrogen-bond acceptors (Lipinski definition) is 6. The van der Waals surface area contributed by atoms with Crippen LogP contribution in [0, 0.1) is 0 Å². The molecule has 0 radical (unpaired) electrons. The average molecular weight is 716 g/mol. The summed E-state index contributed by atoms with van der Waals surface area (Å²) in [6, 6.07) is 9.58. The van der Waals surface area contributed by atoms with E-state index in [2.05, 4.69) is 10.3 Å². The van der Waals surface area contributed by atoms with Gasteiger partial charge in [-0.1, -0.05) is 18.2 Å². The fourth-order valence-corrected chi connectivity index (χ4v) is 7.90. The molecule has 3 aromatic rings. The van der Waals surface area contributed by atoms with Crippen molar-refractivity contribution in [3.05, 3.63) is 65.4 Å². The number of ether oxygens (including phenoxy) is 1. The van der Waals surface area contributed by atoms with Gasteiger partial charge in [-0.2, -0.15) is 8.78 Å². The lowest BCUT2D eigenvalue weighted by Crippen LogP contribution is -2.61. The maximum Gasteiger partial charge on any atom is 0.399 e. The minimum absolute atomic E-state index is 0.0346. The summed E-state index contributed by atoms with van der Waals surface area (Å²) in [6.45, 7) is 2.14. The van der Waals surface area contributed by atoms with Gasteiger partial charge in [0.15, 0.2) is 0 Å². The number of carbonyl (C=O) groups excluding carboxylic acids is 4. The van der Waals surface area contributed by atoms with Crippen molar-refractivity contribution in [2.75, 3.05) is 26.7 Å². The molecule has 4 amide bonds. The van der Waals surface area contributed by atoms with E-state index in [1.807, 2.05) is 29.2 Å². The lowest BCUT2D eigenvalue weighted by atomic mass is 10.0. The molecule has 13 nitrogen and oxygen atoms in total. The number of alkyl halides is 2. The second-order valence-corrected chi connectivity index (χ2v) is 14.9. The monoisotopic (exact) mass is 715 g/mol. The molecule has 4 atom stereocenters. The van der Waals surface area contributed by atoms with Gasteiger partial charge in [-0.25, -0.2) is 0 Å². The lowest BCUT2D eigenvalue weighted by Gasteiger charge is -2.39. The van der Waals surface area contributed by atoms with E-state index in [4.69, 9.17) is 14.5 Å². The summed E-state index contributed by atoms with van der Waals surface area (Å²) in [7, 11) is -4.21. The van der Waals surface area contributed by atoms with Gasteiger partial charge >= 0.3 is 13.3 Å². The van der Waals surface area contributed by atoms with Gasteiger partial charge in [-0.05, 0) is 74.4 Å². The molecule has 3 aliphatic heterocycles. The zero-order valence-corrected chi connectivity index (χ0v) is 28.6. The molecular formula is C34H40F2N5O8P. The van der Waals surface area contributed by atoms with E-state index in [9.17, 15) is 32.5 Å². The molecule has 50 heavy (non-hydrogen) atoms. The molecule has 0 spiro atoms. The molecule has 6 rings (SSSR count). The molecule has 4 N–H and O–H groups in total. The Balaban J connectivity index is 1.22. The fraction of sp³-hybridized carbons (Fsp3) is 0.471. The third-order valence-electron chi connectivity index (χ3n) is 10.1. The summed E-state index contributed by atoms with van der Waals surface area (Å²) in [4.78, 5) is 80.6. The number of benzene rings is 2. The van der Waals surface area contributed by atoms with Gasteiger partial charge in [-0.15, -0.1) is 0 Å². The van der Waals surface area contributed by atoms with E-state index in [0.717, 1.165) is 36.3 Å². The normalized spacial score (nSPS) is 23.1. The Labute approximate surface area is 287 Å². The number of H-pyrrole nitrogens is 1. The number of fused-ring (bicyclic) bond motifs is 2. The predicted molar refractivity (Wildman–Crippen MR) is 177 cm³/mol. The molecule has 1 aromatic heterocycles. The predicted octanol–water partition coefficient (Wildman–Crippen LogP) is 3.35. The second kappa shape index (κ2) is 13.8. The first-order valence-electron chi connectivity index (χ1n) is 16.6. The van der Waals surface area contributed by atoms with Crippen LogP contribution in [0.5, 0.6) is 5.75 Å². The van der Waals surface area contributed by atoms with Gasteiger partial charge < -0.3 is 39.5 Å². The van der Waals surface area contributed by atoms with Crippen molar-refractivity contribution in [1.29, 1.82) is 0 Å². The minimum Gasteiger partial charge on any atom is -0.497 e. The number of nitrogens with one attached hydrogen (secondary N) is 2. The van der Waals surface area contributed by atoms with Crippen LogP contribution >= 0.6 is 7.60 Å². The topological polar surface area (TPSA) is 173 Å². The number of aromatic nitrogens is 1. The number of nitrogens with zero attached hydrogens (tertiary/aromatic N) is 3. The smallest absolute Gasteiger partial charge is 0.399 e. The zero-order chi connectivity index (χ0) is 36.0. The molecule has 268 valence electrons. The number of amides is 4. The zero-order valence-electron chi connectivity index (χ0n) is 27.7. The van der Waals surface area contributed by atoms with Crippen LogP contribution in [0.4, 0.5) is 8.78 Å². The molecule has 0 saturated carbocycles. The van der Waals surface area contributed by atoms with Crippen molar-refractivity contribution in [1.82, 2.24) is 25.0 Å². The maximum atomic E-state index is 14.4. The Morgan fingerprint density at radius 3 is 2.46 bits per heavy atom. The van der Waals surface area contributed by atoms with Crippen molar-refractivity contribution < 1.29 is 47.0 Å². The van der Waals surface area contributed by atoms with Gasteiger partial charge in [0.25, 0.3) is 5.91 Å². The number of rotatable bonds is 8. The second-order valence-electron chi connectivity index (χ2n) is 13.2. The first kappa shape index (κ1) is 35.5. The molecule has 1 unspecified atom stereocenters. The van der Waals surface area contributed by atoms with Gasteiger partial charge in [-0.3, -0.25) is 23.7 Å². The van der Waals surface area contributed by atoms with E-state index < -0.39 is 42.7 Å². The van der Waals surface area contributed by atoms with E-state index >= 15 is 0 Å². The third-order valence-corrected chi connectivity index (χ3v) is 11.1. The number of hydrogen-bond donors (Lipinski definition) is 4. The molecule has 3 aliphatic rings. The molecule has 16 heteroatoms. The van der Waals surface area contributed by atoms with Gasteiger partial charge in [0.05, 0.1) is 7.11 Å². The number of halogens is 2. The van der Waals surface area contributed by atoms with Crippen LogP contribution in [0.2, 0.25) is 0 Å². The van der Waals surface area contributed by atoms with E-state index in [1.54, 1.807) is 12.0 Å². The van der Waals surface area contributed by atoms with Gasteiger partial charge in [0, 0.05) is 55.1 Å². The third kappa shape index (κ3) is 6.86. The van der Waals surface area contributed by atoms with Gasteiger partial charge in [0.2, 0.25) is 17.7 Å². The van der Waals surface area contributed by atoms with Crippen LogP contribution in [0.25, 0.3) is 10.9 Å². The highest BCUT2D eigenvalue weighted by molar-refractivity contribution is 7.52. The summed E-state index contributed by atoms with van der Waals surface area (Å²) in [6.07, 6.45) is 3.83. The Kier molecular flexibility index (Phi) is 9.77. The molecule has 0 aliphatic carbocycles. The molecule has 3 saturated heterocycles. The average Bonchev–Trinajstić information content (AvgIpc) is 3.82. The first-order chi connectivity index (χ1) is 23.7. The van der Waals surface area contributed by atoms with Crippen molar-refractivity contribution >= 4 is 42.1 Å². The molecule has 3 fully saturated rings. The SMILES string of the molecule is COc1ccc(CC2CCCN2C(=O)[C@@H]2CC[C@@H]3CCN(C(C)=O)C[C@H](NC(=O)c4cc5cc(C(F)(F)P(=O)(O)O)ccc5[nH]4)C(=O)N32)cc1. The summed E-state index contributed by atoms with van der Waals surface area (Å²) >= 11 is 0. The van der Waals surface area contributed by atoms with Crippen molar-refractivity contribution in [3.63, 3.8) is 0 Å². The van der Waals surface area contributed by atoms with Crippen LogP contribution in [0.3, 0.4) is 0 Å². The lowest BCUT2D eigenvalue weighted by molar-refractivity contribution is -0.149. The Bertz CT molecular complexity index is 1850. The molecule has 4 heterocycles. The van der Waals surface area contributed by atoms with Crippen molar-refractivity contribution in [2.24, 2.45) is 0 Å². The van der Waals surface area contributed by atoms with Crippen molar-refractivity contribution in [3.8, 4) is 5.75 Å². The highest BCUT2D eigenvalue weighted by Gasteiger charge is 2.51. The molecule has 0 bridgehead atoms. The summed E-state index contributed by atoms with van der Waals surface area (Å²) in [5.74, 6) is -0.921. The number of methoxy groups -OCH3 is 1. The van der Waals surface area contributed by atoms with Gasteiger partial charge in [0.1, 0.15) is 23.5 Å². The van der Waals surface area contributed by atoms with Crippen LogP contribution in [0.1, 0.15) is 60.6 Å². The highest BCUT2D eigenvalue weighted by Crippen LogP contribution is 2.59. The van der Waals surface area contributed by atoms with Crippen LogP contribution in [-0.4, -0.2) is 104 Å². The standard InChI is InChI=1S/C34H40F2N5O8P/c1-20(42)39-15-13-24-8-12-30(33(45)40-14-3-4-25(40)16-21-5-9-26(49-2)10-6-21)41(24)32(44)29(19-39)38-31(43)28-18-22-17-23(7-11-27(22)37-28)34(35,36)50(46,47)48/h5-7,9-11,17-18,24-25,29-30,37H,3-4,8,12-16,19H2,1-2H3,(H,38,43)(H2,46,47,48)/t24-,25?,29+,30+/m1/s1. The minimum atomic E-state index is -5.81. The van der Waals surface area contributed by atoms with Crippen molar-refractivity contribution in [2.45, 2.75) is 75.3 Å². The Hall–Kier alpha value is -4.33. The largest absolute Gasteiger partial charge is 0.497 e. The number of aromatic amines is 1. The number of carbonyl (C=O) groups is 4. The first-order valence-corrected chi connectivity index (χ1v) is 18.2. The van der Waals surface area contributed by atoms with Crippen LogP contribution in [0.15, 0.2) is 48.5 Å². The molecular weight excluding hydrogens is 675 g/mol. The quantitative estimate of drug-likeness (QED) is 0.257. The summed E-state index contributed by atoms with van der Waals surface area (Å²) in [5, 5.41) is 2.79. The Morgan fingerprint density at radius 2 is 1.78 bits per heavy atom. The van der Waals surface area contributed by atoms with E-state index in [-0.39, 0.29) is 47.0 Å². The van der Waals surface area contributed by atoms with Crippen LogP contribution < -0.4 is 10.1 Å². The van der Waals surface area contributed by atoms with E-state index in [1.165, 1.54) is 24.0 Å². The van der Waals surface area contributed by atoms with Crippen LogP contribution in [-0.2, 0) is 31.0 Å². The Morgan fingerprint density at radius 1 is 1.04 bits per heavy atom. The summed E-state index contributed by atoms with van der Waals surface area (Å²) < 4.78 is 45.4. The summed E-state index contributed by atoms with van der Waals surface area (Å²) in [5.41, 5.74) is -4.14. The maximum absolute atomic E-state index is 14.4. The fourth-order valence-electron chi connectivity index (χ4n) is 7.42.